The molecule has 2 aromatic rings. The Morgan fingerprint density at radius 3 is 2.28 bits per heavy atom. The molecule has 2 aromatic carbocycles. The van der Waals surface area contributed by atoms with Crippen molar-refractivity contribution >= 4 is 45.1 Å². The first-order valence-corrected chi connectivity index (χ1v) is 8.36. The van der Waals surface area contributed by atoms with Gasteiger partial charge in [0, 0.05) is 10.2 Å². The summed E-state index contributed by atoms with van der Waals surface area (Å²) >= 11 is 3.33. The summed E-state index contributed by atoms with van der Waals surface area (Å²) in [5.41, 5.74) is 1.74. The zero-order valence-electron chi connectivity index (χ0n) is 13.8. The molecule has 0 aliphatic carbocycles. The van der Waals surface area contributed by atoms with E-state index in [1.165, 1.54) is 12.1 Å². The van der Waals surface area contributed by atoms with Crippen LogP contribution in [0.15, 0.2) is 46.9 Å². The van der Waals surface area contributed by atoms with Gasteiger partial charge < -0.3 is 15.4 Å². The highest BCUT2D eigenvalue weighted by molar-refractivity contribution is 9.10. The molecule has 25 heavy (non-hydrogen) atoms. The van der Waals surface area contributed by atoms with Crippen molar-refractivity contribution in [2.24, 2.45) is 0 Å². The van der Waals surface area contributed by atoms with Gasteiger partial charge in [0.25, 0.3) is 0 Å². The molecule has 7 heteroatoms. The van der Waals surface area contributed by atoms with Crippen molar-refractivity contribution in [2.45, 2.75) is 13.8 Å². The second-order valence-corrected chi connectivity index (χ2v) is 6.05. The van der Waals surface area contributed by atoms with E-state index in [1.807, 2.05) is 13.0 Å². The summed E-state index contributed by atoms with van der Waals surface area (Å²) in [4.78, 5) is 36.2. The van der Waals surface area contributed by atoms with Gasteiger partial charge in [-0.15, -0.1) is 0 Å². The van der Waals surface area contributed by atoms with E-state index in [-0.39, 0.29) is 17.9 Å². The molecule has 0 aliphatic heterocycles. The van der Waals surface area contributed by atoms with Gasteiger partial charge in [-0.25, -0.2) is 4.79 Å². The maximum Gasteiger partial charge on any atom is 0.340 e. The molecule has 0 aliphatic rings. The average molecular weight is 405 g/mol. The molecule has 0 unspecified atom stereocenters. The van der Waals surface area contributed by atoms with E-state index in [0.29, 0.717) is 5.69 Å². The SMILES string of the molecule is CCOC(=O)c1ccccc1NC(=O)C(=O)Nc1ccc(Br)cc1C. The fourth-order valence-electron chi connectivity index (χ4n) is 2.10. The highest BCUT2D eigenvalue weighted by Gasteiger charge is 2.19. The maximum atomic E-state index is 12.1. The third-order valence-corrected chi connectivity index (χ3v) is 3.81. The van der Waals surface area contributed by atoms with Crippen LogP contribution in [0.5, 0.6) is 0 Å². The lowest BCUT2D eigenvalue weighted by Crippen LogP contribution is -2.30. The van der Waals surface area contributed by atoms with Crippen LogP contribution in [0.3, 0.4) is 0 Å². The topological polar surface area (TPSA) is 84.5 Å². The van der Waals surface area contributed by atoms with Gasteiger partial charge in [0.2, 0.25) is 0 Å². The number of carbonyl (C=O) groups is 3. The van der Waals surface area contributed by atoms with Crippen molar-refractivity contribution in [1.82, 2.24) is 0 Å². The Labute approximate surface area is 153 Å². The minimum Gasteiger partial charge on any atom is -0.462 e. The van der Waals surface area contributed by atoms with Gasteiger partial charge in [-0.1, -0.05) is 28.1 Å². The Morgan fingerprint density at radius 2 is 1.64 bits per heavy atom. The summed E-state index contributed by atoms with van der Waals surface area (Å²) in [5.74, 6) is -2.27. The van der Waals surface area contributed by atoms with Crippen LogP contribution in [0.2, 0.25) is 0 Å². The number of hydrogen-bond acceptors (Lipinski definition) is 4. The van der Waals surface area contributed by atoms with Crippen LogP contribution in [-0.4, -0.2) is 24.4 Å². The van der Waals surface area contributed by atoms with E-state index in [2.05, 4.69) is 26.6 Å². The highest BCUT2D eigenvalue weighted by Crippen LogP contribution is 2.20. The van der Waals surface area contributed by atoms with Crippen molar-refractivity contribution in [3.63, 3.8) is 0 Å². The standard InChI is InChI=1S/C18H17BrN2O4/c1-3-25-18(24)13-6-4-5-7-15(13)21-17(23)16(22)20-14-9-8-12(19)10-11(14)2/h4-10H,3H2,1-2H3,(H,20,22)(H,21,23). The first-order valence-electron chi connectivity index (χ1n) is 7.57. The summed E-state index contributed by atoms with van der Waals surface area (Å²) in [6.07, 6.45) is 0. The van der Waals surface area contributed by atoms with Gasteiger partial charge in [-0.05, 0) is 49.7 Å². The Bertz CT molecular complexity index is 820. The van der Waals surface area contributed by atoms with Crippen LogP contribution in [0.25, 0.3) is 0 Å². The Hall–Kier alpha value is -2.67. The summed E-state index contributed by atoms with van der Waals surface area (Å²) in [6.45, 7) is 3.71. The van der Waals surface area contributed by atoms with Gasteiger partial charge in [0.1, 0.15) is 0 Å². The summed E-state index contributed by atoms with van der Waals surface area (Å²) in [5, 5.41) is 4.98. The lowest BCUT2D eigenvalue weighted by molar-refractivity contribution is -0.133. The first kappa shape index (κ1) is 18.7. The summed E-state index contributed by atoms with van der Waals surface area (Å²) in [6, 6.07) is 11.6. The quantitative estimate of drug-likeness (QED) is 0.602. The summed E-state index contributed by atoms with van der Waals surface area (Å²) in [7, 11) is 0. The van der Waals surface area contributed by atoms with E-state index in [9.17, 15) is 14.4 Å². The number of halogens is 1. The van der Waals surface area contributed by atoms with E-state index in [0.717, 1.165) is 10.0 Å². The van der Waals surface area contributed by atoms with Crippen molar-refractivity contribution in [3.05, 3.63) is 58.1 Å². The van der Waals surface area contributed by atoms with Crippen molar-refractivity contribution < 1.29 is 19.1 Å². The van der Waals surface area contributed by atoms with Gasteiger partial charge in [0.15, 0.2) is 0 Å². The predicted molar refractivity (Wildman–Crippen MR) is 98.5 cm³/mol. The number of amides is 2. The fraction of sp³-hybridized carbons (Fsp3) is 0.167. The number of ether oxygens (including phenoxy) is 1. The zero-order chi connectivity index (χ0) is 18.4. The lowest BCUT2D eigenvalue weighted by atomic mass is 10.1. The number of nitrogens with one attached hydrogen (secondary N) is 2. The van der Waals surface area contributed by atoms with Gasteiger partial charge in [-0.2, -0.15) is 0 Å². The molecule has 0 atom stereocenters. The molecular weight excluding hydrogens is 388 g/mol. The smallest absolute Gasteiger partial charge is 0.340 e. The monoisotopic (exact) mass is 404 g/mol. The van der Waals surface area contributed by atoms with Crippen molar-refractivity contribution in [2.75, 3.05) is 17.2 Å². The number of rotatable bonds is 4. The summed E-state index contributed by atoms with van der Waals surface area (Å²) < 4.78 is 5.81. The Morgan fingerprint density at radius 1 is 1.00 bits per heavy atom. The molecule has 0 heterocycles. The van der Waals surface area contributed by atoms with Crippen LogP contribution in [0, 0.1) is 6.92 Å². The van der Waals surface area contributed by atoms with E-state index < -0.39 is 17.8 Å². The largest absolute Gasteiger partial charge is 0.462 e. The van der Waals surface area contributed by atoms with Crippen LogP contribution in [0.4, 0.5) is 11.4 Å². The number of aryl methyl sites for hydroxylation is 1. The number of carbonyl (C=O) groups excluding carboxylic acids is 3. The number of esters is 1. The average Bonchev–Trinajstić information content (AvgIpc) is 2.58. The molecule has 0 saturated heterocycles. The number of hydrogen-bond donors (Lipinski definition) is 2. The fourth-order valence-corrected chi connectivity index (χ4v) is 2.58. The number of anilines is 2. The van der Waals surface area contributed by atoms with Crippen LogP contribution in [-0.2, 0) is 14.3 Å². The van der Waals surface area contributed by atoms with E-state index in [1.54, 1.807) is 31.2 Å². The van der Waals surface area contributed by atoms with E-state index in [4.69, 9.17) is 4.74 Å². The molecule has 0 spiro atoms. The van der Waals surface area contributed by atoms with Gasteiger partial charge in [0.05, 0.1) is 17.9 Å². The molecular formula is C18H17BrN2O4. The minimum absolute atomic E-state index is 0.185. The third-order valence-electron chi connectivity index (χ3n) is 3.31. The second-order valence-electron chi connectivity index (χ2n) is 5.13. The van der Waals surface area contributed by atoms with Crippen LogP contribution in [0.1, 0.15) is 22.8 Å². The van der Waals surface area contributed by atoms with Crippen LogP contribution >= 0.6 is 15.9 Å². The second kappa shape index (κ2) is 8.43. The predicted octanol–water partition coefficient (Wildman–Crippen LogP) is 3.51. The van der Waals surface area contributed by atoms with Crippen molar-refractivity contribution in [3.8, 4) is 0 Å². The normalized spacial score (nSPS) is 10.0. The van der Waals surface area contributed by atoms with Crippen molar-refractivity contribution in [1.29, 1.82) is 0 Å². The zero-order valence-corrected chi connectivity index (χ0v) is 15.3. The molecule has 6 nitrogen and oxygen atoms in total. The van der Waals surface area contributed by atoms with Gasteiger partial charge in [-0.3, -0.25) is 9.59 Å². The molecule has 2 amide bonds. The molecule has 0 saturated carbocycles. The Kier molecular flexibility index (Phi) is 6.30. The Balaban J connectivity index is 2.11. The number of benzene rings is 2. The molecule has 0 aromatic heterocycles. The lowest BCUT2D eigenvalue weighted by Gasteiger charge is -2.11. The van der Waals surface area contributed by atoms with E-state index >= 15 is 0 Å². The van der Waals surface area contributed by atoms with Gasteiger partial charge >= 0.3 is 17.8 Å². The third kappa shape index (κ3) is 4.90. The molecule has 0 bridgehead atoms. The first-order chi connectivity index (χ1) is 11.9. The molecule has 130 valence electrons. The number of para-hydroxylation sites is 1. The maximum absolute atomic E-state index is 12.1. The molecule has 2 rings (SSSR count). The molecule has 0 radical (unpaired) electrons. The van der Waals surface area contributed by atoms with Crippen LogP contribution < -0.4 is 10.6 Å². The highest BCUT2D eigenvalue weighted by atomic mass is 79.9. The molecule has 2 N–H and O–H groups in total. The molecule has 0 fully saturated rings. The minimum atomic E-state index is -0.876.